The van der Waals surface area contributed by atoms with Crippen LogP contribution in [0.5, 0.6) is 0 Å². The number of hydrogen-bond acceptors (Lipinski definition) is 20. The van der Waals surface area contributed by atoms with Gasteiger partial charge in [-0.05, 0) is 111 Å². The molecule has 0 amide bonds. The summed E-state index contributed by atoms with van der Waals surface area (Å²) in [7, 11) is 0. The number of carboxylic acid groups (broad SMARTS) is 4. The van der Waals surface area contributed by atoms with E-state index in [1.165, 1.54) is 0 Å². The number of Topliss-reactive ketones (excluding diaryl/α,β-unsaturated/α-hetero) is 4. The Morgan fingerprint density at radius 1 is 0.277 bits per heavy atom. The van der Waals surface area contributed by atoms with Gasteiger partial charge in [-0.15, -0.1) is 0 Å². The van der Waals surface area contributed by atoms with Gasteiger partial charge in [0.1, 0.15) is 23.1 Å². The Hall–Kier alpha value is -3.05. The molecule has 0 unspecified atom stereocenters. The number of carboxylic acids is 4. The number of hydrogen-bond donors (Lipinski definition) is 0. The SMILES string of the molecule is CC(C)OC(CC(=O)CC(=O)[O-])OC(C)C.CC(C)OC(CC(=O)CC(=O)[O-])OC(C)C.CC(C)OC(CC(=O)CC(=O)[O-])OC(C)C.CC(C)OC(CC(=O)CC(=O)[O-])OC(C)C.[Ti+4]. The minimum Gasteiger partial charge on any atom is -0.550 e. The third-order valence-electron chi connectivity index (χ3n) is 6.33. The molecule has 0 bridgehead atoms. The second kappa shape index (κ2) is 41.2. The summed E-state index contributed by atoms with van der Waals surface area (Å²) in [5, 5.41) is 40.9. The fourth-order valence-corrected chi connectivity index (χ4v) is 4.62. The molecule has 0 spiro atoms. The van der Waals surface area contributed by atoms with E-state index < -0.39 is 97.9 Å². The number of ketones is 4. The van der Waals surface area contributed by atoms with E-state index in [0.717, 1.165) is 0 Å². The fourth-order valence-electron chi connectivity index (χ4n) is 4.62. The first-order chi connectivity index (χ1) is 29.2. The molecule has 0 aromatic heterocycles. The van der Waals surface area contributed by atoms with Gasteiger partial charge in [0.05, 0.1) is 74.5 Å². The Labute approximate surface area is 400 Å². The molecule has 65 heavy (non-hydrogen) atoms. The second-order valence-corrected chi connectivity index (χ2v) is 16.4. The van der Waals surface area contributed by atoms with Crippen LogP contribution in [0.1, 0.15) is 162 Å². The molecular weight excluding hydrogens is 896 g/mol. The van der Waals surface area contributed by atoms with Crippen LogP contribution in [0.4, 0.5) is 0 Å². The van der Waals surface area contributed by atoms with Gasteiger partial charge in [-0.2, -0.15) is 0 Å². The van der Waals surface area contributed by atoms with Crippen molar-refractivity contribution in [2.45, 2.75) is 236 Å². The van der Waals surface area contributed by atoms with Crippen molar-refractivity contribution < 1.29 is 118 Å². The van der Waals surface area contributed by atoms with Crippen molar-refractivity contribution in [3.05, 3.63) is 0 Å². The number of carbonyl (C=O) groups is 8. The molecular formula is C44H76O20Ti. The number of carbonyl (C=O) groups excluding carboxylic acids is 8. The topological polar surface area (TPSA) is 303 Å². The van der Waals surface area contributed by atoms with Crippen molar-refractivity contribution in [3.63, 3.8) is 0 Å². The van der Waals surface area contributed by atoms with E-state index in [1.54, 1.807) is 0 Å². The first-order valence-corrected chi connectivity index (χ1v) is 21.3. The molecule has 0 aliphatic carbocycles. The number of aliphatic carboxylic acids is 4. The van der Waals surface area contributed by atoms with Crippen LogP contribution in [-0.4, -0.2) is 121 Å². The number of rotatable bonds is 32. The van der Waals surface area contributed by atoms with Crippen molar-refractivity contribution in [3.8, 4) is 0 Å². The zero-order valence-electron chi connectivity index (χ0n) is 41.3. The van der Waals surface area contributed by atoms with Crippen LogP contribution >= 0.6 is 0 Å². The van der Waals surface area contributed by atoms with Crippen LogP contribution in [0.2, 0.25) is 0 Å². The largest absolute Gasteiger partial charge is 4.00 e. The van der Waals surface area contributed by atoms with Gasteiger partial charge in [-0.1, -0.05) is 0 Å². The summed E-state index contributed by atoms with van der Waals surface area (Å²) in [6.45, 7) is 29.1. The van der Waals surface area contributed by atoms with Crippen LogP contribution in [0.3, 0.4) is 0 Å². The molecule has 21 heteroatoms. The predicted octanol–water partition coefficient (Wildman–Crippen LogP) is 1.04. The van der Waals surface area contributed by atoms with Gasteiger partial charge in [-0.3, -0.25) is 19.2 Å². The fraction of sp³-hybridized carbons (Fsp3) is 0.818. The van der Waals surface area contributed by atoms with E-state index in [0.29, 0.717) is 0 Å². The first kappa shape index (κ1) is 71.0. The summed E-state index contributed by atoms with van der Waals surface area (Å²) >= 11 is 0. The summed E-state index contributed by atoms with van der Waals surface area (Å²) in [5.74, 6) is -7.32. The van der Waals surface area contributed by atoms with Crippen molar-refractivity contribution >= 4 is 47.0 Å². The Balaban J connectivity index is -0.000000245. The molecule has 376 valence electrons. The molecule has 0 radical (unpaired) electrons. The van der Waals surface area contributed by atoms with Gasteiger partial charge >= 0.3 is 21.7 Å². The van der Waals surface area contributed by atoms with E-state index in [-0.39, 0.29) is 96.2 Å². The van der Waals surface area contributed by atoms with E-state index in [1.807, 2.05) is 111 Å². The van der Waals surface area contributed by atoms with Crippen molar-refractivity contribution in [1.29, 1.82) is 0 Å². The molecule has 0 saturated carbocycles. The van der Waals surface area contributed by atoms with Crippen molar-refractivity contribution in [2.24, 2.45) is 0 Å². The standard InChI is InChI=1S/4C11H20O5.Ti/c4*1-7(2)15-11(16-8(3)4)6-9(12)5-10(13)14;/h4*7-8,11H,5-6H2,1-4H3,(H,13,14);/q;;;;+4/p-4. The zero-order valence-corrected chi connectivity index (χ0v) is 42.8. The van der Waals surface area contributed by atoms with Crippen LogP contribution in [0.15, 0.2) is 0 Å². The average Bonchev–Trinajstić information content (AvgIpc) is 3.01. The maximum atomic E-state index is 11.2. The summed E-state index contributed by atoms with van der Waals surface area (Å²) in [6.07, 6.45) is -6.07. The third kappa shape index (κ3) is 57.0. The Kier molecular flexibility index (Phi) is 44.9. The van der Waals surface area contributed by atoms with E-state index in [4.69, 9.17) is 37.9 Å². The number of ether oxygens (including phenoxy) is 8. The molecule has 0 aliphatic rings. The van der Waals surface area contributed by atoms with Crippen LogP contribution < -0.4 is 20.4 Å². The van der Waals surface area contributed by atoms with Crippen molar-refractivity contribution in [1.82, 2.24) is 0 Å². The molecule has 0 heterocycles. The van der Waals surface area contributed by atoms with Crippen molar-refractivity contribution in [2.75, 3.05) is 0 Å². The first-order valence-electron chi connectivity index (χ1n) is 21.3. The molecule has 0 fully saturated rings. The van der Waals surface area contributed by atoms with Gasteiger partial charge in [0.2, 0.25) is 0 Å². The average molecular weight is 973 g/mol. The molecule has 0 rings (SSSR count). The van der Waals surface area contributed by atoms with Gasteiger partial charge in [0, 0.05) is 49.6 Å². The smallest absolute Gasteiger partial charge is 0.550 e. The maximum absolute atomic E-state index is 11.2. The molecule has 0 aliphatic heterocycles. The van der Waals surface area contributed by atoms with Gasteiger partial charge in [0.15, 0.2) is 25.2 Å². The normalized spacial score (nSPS) is 11.3. The minimum absolute atomic E-state index is 0. The Morgan fingerprint density at radius 2 is 0.385 bits per heavy atom. The summed E-state index contributed by atoms with van der Waals surface area (Å²) in [5.41, 5.74) is 0. The van der Waals surface area contributed by atoms with Gasteiger partial charge < -0.3 is 77.5 Å². The molecule has 0 aromatic rings. The van der Waals surface area contributed by atoms with Crippen LogP contribution in [0, 0.1) is 0 Å². The van der Waals surface area contributed by atoms with Crippen LogP contribution in [0.25, 0.3) is 0 Å². The molecule has 0 aromatic carbocycles. The summed E-state index contributed by atoms with van der Waals surface area (Å²) in [4.78, 5) is 85.9. The van der Waals surface area contributed by atoms with Gasteiger partial charge in [-0.25, -0.2) is 0 Å². The summed E-state index contributed by atoms with van der Waals surface area (Å²) < 4.78 is 42.9. The summed E-state index contributed by atoms with van der Waals surface area (Å²) in [6, 6.07) is 0. The molecule has 20 nitrogen and oxygen atoms in total. The predicted molar refractivity (Wildman–Crippen MR) is 222 cm³/mol. The Bertz CT molecular complexity index is 1110. The van der Waals surface area contributed by atoms with E-state index in [9.17, 15) is 58.8 Å². The third-order valence-corrected chi connectivity index (χ3v) is 6.33. The Morgan fingerprint density at radius 3 is 0.462 bits per heavy atom. The monoisotopic (exact) mass is 972 g/mol. The minimum atomic E-state index is -1.38. The van der Waals surface area contributed by atoms with E-state index in [2.05, 4.69) is 0 Å². The second-order valence-electron chi connectivity index (χ2n) is 16.4. The maximum Gasteiger partial charge on any atom is 4.00 e. The molecule has 0 atom stereocenters. The van der Waals surface area contributed by atoms with E-state index >= 15 is 0 Å². The zero-order chi connectivity index (χ0) is 50.9. The van der Waals surface area contributed by atoms with Crippen LogP contribution in [-0.2, 0) is 98.0 Å². The van der Waals surface area contributed by atoms with Gasteiger partial charge in [0.25, 0.3) is 0 Å². The molecule has 0 saturated heterocycles. The molecule has 0 N–H and O–H groups in total. The quantitative estimate of drug-likeness (QED) is 0.0517.